The number of ketones is 1. The quantitative estimate of drug-likeness (QED) is 0.742. The first kappa shape index (κ1) is 19.6. The topological polar surface area (TPSA) is 73.7 Å². The number of rotatable bonds is 3. The average molecular weight is 397 g/mol. The third-order valence-corrected chi connectivity index (χ3v) is 5.38. The molecule has 0 N–H and O–H groups in total. The van der Waals surface area contributed by atoms with E-state index in [1.54, 1.807) is 22.0 Å². The zero-order chi connectivity index (χ0) is 20.6. The Balaban J connectivity index is 1.48. The molecule has 2 aliphatic heterocycles. The van der Waals surface area contributed by atoms with Crippen LogP contribution in [0.4, 0.5) is 4.79 Å². The number of fused-ring (bicyclic) bond motifs is 2. The summed E-state index contributed by atoms with van der Waals surface area (Å²) in [6.45, 7) is 6.44. The fourth-order valence-corrected chi connectivity index (χ4v) is 4.15. The molecule has 2 unspecified atom stereocenters. The van der Waals surface area contributed by atoms with E-state index in [1.165, 1.54) is 0 Å². The highest BCUT2D eigenvalue weighted by molar-refractivity contribution is 5.97. The van der Waals surface area contributed by atoms with Gasteiger partial charge in [-0.1, -0.05) is 18.2 Å². The Morgan fingerprint density at radius 2 is 1.76 bits per heavy atom. The summed E-state index contributed by atoms with van der Waals surface area (Å²) >= 11 is 0. The predicted molar refractivity (Wildman–Crippen MR) is 107 cm³/mol. The molecule has 2 aromatic rings. The summed E-state index contributed by atoms with van der Waals surface area (Å²) in [4.78, 5) is 27.6. The first-order valence-electron chi connectivity index (χ1n) is 10.1. The molecule has 2 aliphatic rings. The van der Waals surface area contributed by atoms with E-state index in [9.17, 15) is 9.59 Å². The molecular weight excluding hydrogens is 370 g/mol. The van der Waals surface area contributed by atoms with Crippen molar-refractivity contribution in [3.63, 3.8) is 0 Å². The third kappa shape index (κ3) is 4.19. The number of hydrogen-bond acceptors (Lipinski definition) is 5. The molecule has 154 valence electrons. The first-order chi connectivity index (χ1) is 13.8. The van der Waals surface area contributed by atoms with Crippen LogP contribution in [-0.2, 0) is 9.47 Å². The Kier molecular flexibility index (Phi) is 5.17. The van der Waals surface area contributed by atoms with Gasteiger partial charge in [0.15, 0.2) is 5.78 Å². The molecule has 1 aromatic heterocycles. The van der Waals surface area contributed by atoms with Crippen LogP contribution in [0.2, 0.25) is 0 Å². The highest BCUT2D eigenvalue weighted by atomic mass is 16.6. The largest absolute Gasteiger partial charge is 0.444 e. The number of Topliss-reactive ketones (excluding diaryl/α,β-unsaturated/α-hetero) is 1. The van der Waals surface area contributed by atoms with Crippen LogP contribution in [0, 0.1) is 5.92 Å². The Labute approximate surface area is 170 Å². The molecule has 0 aliphatic carbocycles. The number of nitrogens with zero attached hydrogens (tertiary/aromatic N) is 3. The minimum Gasteiger partial charge on any atom is -0.444 e. The van der Waals surface area contributed by atoms with Gasteiger partial charge in [0.25, 0.3) is 0 Å². The molecule has 2 fully saturated rings. The van der Waals surface area contributed by atoms with Crippen LogP contribution in [-0.4, -0.2) is 57.5 Å². The lowest BCUT2D eigenvalue weighted by molar-refractivity contribution is -0.0861. The van der Waals surface area contributed by atoms with Crippen molar-refractivity contribution >= 4 is 11.9 Å². The first-order valence-corrected chi connectivity index (χ1v) is 10.1. The number of morpholine rings is 1. The van der Waals surface area contributed by atoms with Crippen LogP contribution in [0.25, 0.3) is 5.69 Å². The summed E-state index contributed by atoms with van der Waals surface area (Å²) in [6, 6.07) is 9.42. The summed E-state index contributed by atoms with van der Waals surface area (Å²) < 4.78 is 13.0. The van der Waals surface area contributed by atoms with Crippen molar-refractivity contribution in [1.82, 2.24) is 14.7 Å². The van der Waals surface area contributed by atoms with Crippen molar-refractivity contribution in [2.45, 2.75) is 51.3 Å². The van der Waals surface area contributed by atoms with Gasteiger partial charge in [-0.3, -0.25) is 9.69 Å². The molecule has 4 rings (SSSR count). The molecule has 1 aromatic carbocycles. The molecular formula is C22H27N3O4. The van der Waals surface area contributed by atoms with Gasteiger partial charge in [0.2, 0.25) is 0 Å². The van der Waals surface area contributed by atoms with Gasteiger partial charge in [-0.15, -0.1) is 0 Å². The minimum absolute atomic E-state index is 0.0768. The zero-order valence-corrected chi connectivity index (χ0v) is 17.1. The van der Waals surface area contributed by atoms with E-state index < -0.39 is 5.60 Å². The van der Waals surface area contributed by atoms with E-state index in [4.69, 9.17) is 9.47 Å². The summed E-state index contributed by atoms with van der Waals surface area (Å²) in [7, 11) is 0. The van der Waals surface area contributed by atoms with Crippen molar-refractivity contribution < 1.29 is 19.1 Å². The Hall–Kier alpha value is -2.67. The summed E-state index contributed by atoms with van der Waals surface area (Å²) in [5.74, 6) is -0.0751. The predicted octanol–water partition coefficient (Wildman–Crippen LogP) is 3.47. The second kappa shape index (κ2) is 7.63. The zero-order valence-electron chi connectivity index (χ0n) is 17.1. The molecule has 0 spiro atoms. The minimum atomic E-state index is -0.551. The number of hydrogen-bond donors (Lipinski definition) is 0. The molecule has 2 bridgehead atoms. The number of benzene rings is 1. The number of carbonyl (C=O) groups excluding carboxylic acids is 2. The van der Waals surface area contributed by atoms with Crippen molar-refractivity contribution in [2.24, 2.45) is 5.92 Å². The number of ether oxygens (including phenoxy) is 2. The SMILES string of the molecule is CC(C)(C)OC(=O)N1C2COCC1CC(C(=O)c1cnn(-c3ccccc3)c1)C2. The van der Waals surface area contributed by atoms with Crippen molar-refractivity contribution in [3.8, 4) is 5.69 Å². The highest BCUT2D eigenvalue weighted by Crippen LogP contribution is 2.34. The van der Waals surface area contributed by atoms with Crippen LogP contribution in [0.5, 0.6) is 0 Å². The molecule has 0 radical (unpaired) electrons. The molecule has 7 nitrogen and oxygen atoms in total. The van der Waals surface area contributed by atoms with E-state index >= 15 is 0 Å². The van der Waals surface area contributed by atoms with Crippen LogP contribution in [0.15, 0.2) is 42.7 Å². The maximum atomic E-state index is 13.2. The number of aromatic nitrogens is 2. The van der Waals surface area contributed by atoms with Gasteiger partial charge in [-0.05, 0) is 45.7 Å². The van der Waals surface area contributed by atoms with Crippen molar-refractivity contribution in [2.75, 3.05) is 13.2 Å². The van der Waals surface area contributed by atoms with Gasteiger partial charge in [0, 0.05) is 12.1 Å². The molecule has 2 saturated heterocycles. The van der Waals surface area contributed by atoms with E-state index in [2.05, 4.69) is 5.10 Å². The lowest BCUT2D eigenvalue weighted by atomic mass is 9.81. The lowest BCUT2D eigenvalue weighted by Crippen LogP contribution is -2.60. The van der Waals surface area contributed by atoms with Crippen LogP contribution in [0.3, 0.4) is 0 Å². The van der Waals surface area contributed by atoms with Gasteiger partial charge in [-0.25, -0.2) is 9.48 Å². The standard InChI is InChI=1S/C22H27N3O4/c1-22(2,3)29-21(27)25-18-9-15(10-19(25)14-28-13-18)20(26)16-11-23-24(12-16)17-7-5-4-6-8-17/h4-8,11-12,15,18-19H,9-10,13-14H2,1-3H3. The second-order valence-corrected chi connectivity index (χ2v) is 8.77. The molecule has 3 heterocycles. The fourth-order valence-electron chi connectivity index (χ4n) is 4.15. The van der Waals surface area contributed by atoms with Crippen molar-refractivity contribution in [1.29, 1.82) is 0 Å². The highest BCUT2D eigenvalue weighted by Gasteiger charge is 2.45. The smallest absolute Gasteiger partial charge is 0.410 e. The summed E-state index contributed by atoms with van der Waals surface area (Å²) in [5, 5.41) is 4.34. The lowest BCUT2D eigenvalue weighted by Gasteiger charge is -2.47. The van der Waals surface area contributed by atoms with E-state index in [1.807, 2.05) is 51.1 Å². The van der Waals surface area contributed by atoms with Gasteiger partial charge in [0.05, 0.1) is 42.7 Å². The van der Waals surface area contributed by atoms with Crippen molar-refractivity contribution in [3.05, 3.63) is 48.3 Å². The molecule has 1 amide bonds. The Morgan fingerprint density at radius 3 is 2.38 bits per heavy atom. The normalized spacial score (nSPS) is 24.2. The maximum Gasteiger partial charge on any atom is 0.410 e. The average Bonchev–Trinajstić information content (AvgIpc) is 3.16. The third-order valence-electron chi connectivity index (χ3n) is 5.38. The molecule has 0 saturated carbocycles. The molecule has 29 heavy (non-hydrogen) atoms. The second-order valence-electron chi connectivity index (χ2n) is 8.77. The van der Waals surface area contributed by atoms with E-state index in [0.717, 1.165) is 5.69 Å². The monoisotopic (exact) mass is 397 g/mol. The van der Waals surface area contributed by atoms with Crippen LogP contribution in [0.1, 0.15) is 44.0 Å². The summed E-state index contributed by atoms with van der Waals surface area (Å²) in [5.41, 5.74) is 0.963. The van der Waals surface area contributed by atoms with Gasteiger partial charge < -0.3 is 9.47 Å². The Bertz CT molecular complexity index is 873. The number of carbonyl (C=O) groups is 2. The van der Waals surface area contributed by atoms with E-state index in [-0.39, 0.29) is 29.9 Å². The van der Waals surface area contributed by atoms with Crippen LogP contribution >= 0.6 is 0 Å². The number of amides is 1. The number of para-hydroxylation sites is 1. The van der Waals surface area contributed by atoms with Gasteiger partial charge in [0.1, 0.15) is 5.60 Å². The van der Waals surface area contributed by atoms with Crippen LogP contribution < -0.4 is 0 Å². The molecule has 7 heteroatoms. The Morgan fingerprint density at radius 1 is 1.10 bits per heavy atom. The number of piperidine rings is 1. The molecule has 2 atom stereocenters. The summed E-state index contributed by atoms with van der Waals surface area (Å²) in [6.07, 6.45) is 4.24. The van der Waals surface area contributed by atoms with Gasteiger partial charge >= 0.3 is 6.09 Å². The van der Waals surface area contributed by atoms with Gasteiger partial charge in [-0.2, -0.15) is 5.10 Å². The fraction of sp³-hybridized carbons (Fsp3) is 0.500. The van der Waals surface area contributed by atoms with E-state index in [0.29, 0.717) is 31.6 Å². The maximum absolute atomic E-state index is 13.2.